The molecular formula is C20H20BrN5O. The maximum atomic E-state index is 12.3. The molecule has 0 unspecified atom stereocenters. The molecule has 3 aromatic rings. The van der Waals surface area contributed by atoms with Crippen LogP contribution in [0.2, 0.25) is 0 Å². The maximum Gasteiger partial charge on any atom is 0.255 e. The third kappa shape index (κ3) is 5.27. The molecule has 0 saturated heterocycles. The van der Waals surface area contributed by atoms with Crippen molar-refractivity contribution >= 4 is 45.0 Å². The summed E-state index contributed by atoms with van der Waals surface area (Å²) in [6.45, 7) is 4.74. The molecule has 0 aliphatic rings. The van der Waals surface area contributed by atoms with Crippen molar-refractivity contribution in [1.82, 2.24) is 9.97 Å². The molecule has 138 valence electrons. The van der Waals surface area contributed by atoms with E-state index < -0.39 is 0 Å². The summed E-state index contributed by atoms with van der Waals surface area (Å²) in [6, 6.07) is 16.6. The van der Waals surface area contributed by atoms with Crippen LogP contribution in [0.25, 0.3) is 0 Å². The monoisotopic (exact) mass is 425 g/mol. The molecule has 1 heterocycles. The normalized spacial score (nSPS) is 10.3. The van der Waals surface area contributed by atoms with Crippen molar-refractivity contribution in [2.75, 3.05) is 22.5 Å². The molecule has 3 N–H and O–H groups in total. The molecule has 7 heteroatoms. The van der Waals surface area contributed by atoms with Crippen molar-refractivity contribution < 1.29 is 4.79 Å². The number of nitrogens with zero attached hydrogens (tertiary/aromatic N) is 2. The van der Waals surface area contributed by atoms with Gasteiger partial charge in [-0.05, 0) is 56.3 Å². The van der Waals surface area contributed by atoms with Crippen LogP contribution in [0.1, 0.15) is 23.0 Å². The summed E-state index contributed by atoms with van der Waals surface area (Å²) in [5.74, 6) is 1.15. The van der Waals surface area contributed by atoms with E-state index in [1.165, 1.54) is 0 Å². The molecule has 27 heavy (non-hydrogen) atoms. The number of aromatic nitrogens is 2. The lowest BCUT2D eigenvalue weighted by molar-refractivity contribution is 0.102. The standard InChI is InChI=1S/C20H20BrN5O/c1-3-22-18-11-13(2)23-20(26-18)25-17-9-7-16(8-10-17)24-19(27)14-5-4-6-15(21)12-14/h4-12H,3H2,1-2H3,(H,24,27)(H2,22,23,25,26). The van der Waals surface area contributed by atoms with E-state index in [0.717, 1.165) is 28.2 Å². The fourth-order valence-electron chi connectivity index (χ4n) is 2.50. The minimum absolute atomic E-state index is 0.158. The van der Waals surface area contributed by atoms with E-state index in [4.69, 9.17) is 0 Å². The summed E-state index contributed by atoms with van der Waals surface area (Å²) < 4.78 is 0.866. The van der Waals surface area contributed by atoms with E-state index in [1.54, 1.807) is 12.1 Å². The fraction of sp³-hybridized carbons (Fsp3) is 0.150. The number of carbonyl (C=O) groups is 1. The zero-order chi connectivity index (χ0) is 19.2. The highest BCUT2D eigenvalue weighted by atomic mass is 79.9. The molecule has 6 nitrogen and oxygen atoms in total. The molecule has 0 bridgehead atoms. The van der Waals surface area contributed by atoms with E-state index in [2.05, 4.69) is 41.8 Å². The summed E-state index contributed by atoms with van der Waals surface area (Å²) in [5, 5.41) is 9.25. The maximum absolute atomic E-state index is 12.3. The molecular weight excluding hydrogens is 406 g/mol. The first-order chi connectivity index (χ1) is 13.0. The second-order valence-electron chi connectivity index (χ2n) is 5.92. The SMILES string of the molecule is CCNc1cc(C)nc(Nc2ccc(NC(=O)c3cccc(Br)c3)cc2)n1. The van der Waals surface area contributed by atoms with Gasteiger partial charge in [0.15, 0.2) is 0 Å². The Hall–Kier alpha value is -2.93. The lowest BCUT2D eigenvalue weighted by Gasteiger charge is -2.10. The number of carbonyl (C=O) groups excluding carboxylic acids is 1. The van der Waals surface area contributed by atoms with Gasteiger partial charge in [-0.1, -0.05) is 22.0 Å². The van der Waals surface area contributed by atoms with Crippen molar-refractivity contribution in [3.8, 4) is 0 Å². The van der Waals surface area contributed by atoms with Crippen molar-refractivity contribution in [1.29, 1.82) is 0 Å². The van der Waals surface area contributed by atoms with E-state index in [9.17, 15) is 4.79 Å². The van der Waals surface area contributed by atoms with Crippen LogP contribution in [-0.4, -0.2) is 22.4 Å². The minimum atomic E-state index is -0.158. The molecule has 2 aromatic carbocycles. The molecule has 0 saturated carbocycles. The van der Waals surface area contributed by atoms with Crippen LogP contribution in [-0.2, 0) is 0 Å². The van der Waals surface area contributed by atoms with Crippen LogP contribution in [0.4, 0.5) is 23.1 Å². The Kier molecular flexibility index (Phi) is 6.03. The lowest BCUT2D eigenvalue weighted by atomic mass is 10.2. The Labute approximate surface area is 166 Å². The Morgan fingerprint density at radius 1 is 1.04 bits per heavy atom. The largest absolute Gasteiger partial charge is 0.370 e. The first kappa shape index (κ1) is 18.8. The van der Waals surface area contributed by atoms with Gasteiger partial charge in [0.25, 0.3) is 5.91 Å². The third-order valence-electron chi connectivity index (χ3n) is 3.70. The molecule has 0 aliphatic carbocycles. The van der Waals surface area contributed by atoms with Crippen LogP contribution in [0.3, 0.4) is 0 Å². The number of hydrogen-bond acceptors (Lipinski definition) is 5. The highest BCUT2D eigenvalue weighted by Crippen LogP contribution is 2.19. The second-order valence-corrected chi connectivity index (χ2v) is 6.83. The average molecular weight is 426 g/mol. The number of benzene rings is 2. The zero-order valence-electron chi connectivity index (χ0n) is 15.1. The molecule has 0 spiro atoms. The van der Waals surface area contributed by atoms with Gasteiger partial charge in [0, 0.05) is 39.7 Å². The topological polar surface area (TPSA) is 78.9 Å². The van der Waals surface area contributed by atoms with E-state index in [1.807, 2.05) is 56.3 Å². The van der Waals surface area contributed by atoms with Crippen molar-refractivity contribution in [3.05, 3.63) is 70.3 Å². The van der Waals surface area contributed by atoms with Gasteiger partial charge < -0.3 is 16.0 Å². The van der Waals surface area contributed by atoms with Crippen molar-refractivity contribution in [3.63, 3.8) is 0 Å². The first-order valence-corrected chi connectivity index (χ1v) is 9.36. The molecule has 0 aliphatic heterocycles. The first-order valence-electron chi connectivity index (χ1n) is 8.57. The van der Waals surface area contributed by atoms with Crippen molar-refractivity contribution in [2.24, 2.45) is 0 Å². The quantitative estimate of drug-likeness (QED) is 0.519. The number of halogens is 1. The third-order valence-corrected chi connectivity index (χ3v) is 4.19. The Morgan fingerprint density at radius 3 is 2.48 bits per heavy atom. The molecule has 3 rings (SSSR count). The molecule has 0 atom stereocenters. The van der Waals surface area contributed by atoms with Crippen molar-refractivity contribution in [2.45, 2.75) is 13.8 Å². The van der Waals surface area contributed by atoms with Gasteiger partial charge in [0.1, 0.15) is 5.82 Å². The summed E-state index contributed by atoms with van der Waals surface area (Å²) in [6.07, 6.45) is 0. The van der Waals surface area contributed by atoms with Gasteiger partial charge in [-0.3, -0.25) is 4.79 Å². The Morgan fingerprint density at radius 2 is 1.78 bits per heavy atom. The van der Waals surface area contributed by atoms with Gasteiger partial charge in [0.2, 0.25) is 5.95 Å². The fourth-order valence-corrected chi connectivity index (χ4v) is 2.89. The molecule has 1 amide bonds. The zero-order valence-corrected chi connectivity index (χ0v) is 16.7. The van der Waals surface area contributed by atoms with Gasteiger partial charge >= 0.3 is 0 Å². The molecule has 0 fully saturated rings. The lowest BCUT2D eigenvalue weighted by Crippen LogP contribution is -2.11. The van der Waals surface area contributed by atoms with Crippen LogP contribution in [0.5, 0.6) is 0 Å². The van der Waals surface area contributed by atoms with E-state index >= 15 is 0 Å². The summed E-state index contributed by atoms with van der Waals surface area (Å²) in [7, 11) is 0. The Bertz CT molecular complexity index is 943. The van der Waals surface area contributed by atoms with Crippen LogP contribution < -0.4 is 16.0 Å². The second kappa shape index (κ2) is 8.64. The number of rotatable bonds is 6. The van der Waals surface area contributed by atoms with Gasteiger partial charge in [-0.15, -0.1) is 0 Å². The van der Waals surface area contributed by atoms with Gasteiger partial charge in [-0.25, -0.2) is 4.98 Å². The molecule has 0 radical (unpaired) electrons. The predicted molar refractivity (Wildman–Crippen MR) is 113 cm³/mol. The smallest absolute Gasteiger partial charge is 0.255 e. The van der Waals surface area contributed by atoms with Gasteiger partial charge in [-0.2, -0.15) is 4.98 Å². The molecule has 1 aromatic heterocycles. The van der Waals surface area contributed by atoms with Gasteiger partial charge in [0.05, 0.1) is 0 Å². The van der Waals surface area contributed by atoms with Crippen LogP contribution in [0.15, 0.2) is 59.1 Å². The highest BCUT2D eigenvalue weighted by molar-refractivity contribution is 9.10. The number of hydrogen-bond donors (Lipinski definition) is 3. The Balaban J connectivity index is 1.68. The van der Waals surface area contributed by atoms with E-state index in [-0.39, 0.29) is 5.91 Å². The number of amides is 1. The number of nitrogens with one attached hydrogen (secondary N) is 3. The summed E-state index contributed by atoms with van der Waals surface area (Å²) >= 11 is 3.37. The number of anilines is 4. The summed E-state index contributed by atoms with van der Waals surface area (Å²) in [4.78, 5) is 21.1. The van der Waals surface area contributed by atoms with Crippen LogP contribution >= 0.6 is 15.9 Å². The summed E-state index contributed by atoms with van der Waals surface area (Å²) in [5.41, 5.74) is 3.02. The average Bonchev–Trinajstić information content (AvgIpc) is 2.63. The van der Waals surface area contributed by atoms with E-state index in [0.29, 0.717) is 17.2 Å². The number of aryl methyl sites for hydroxylation is 1. The predicted octanol–water partition coefficient (Wildman–Crippen LogP) is 4.98. The highest BCUT2D eigenvalue weighted by Gasteiger charge is 2.07. The van der Waals surface area contributed by atoms with Crippen LogP contribution in [0, 0.1) is 6.92 Å². The minimum Gasteiger partial charge on any atom is -0.370 e.